The summed E-state index contributed by atoms with van der Waals surface area (Å²) in [5, 5.41) is 6.02. The van der Waals surface area contributed by atoms with Crippen LogP contribution in [0.15, 0.2) is 212 Å². The van der Waals surface area contributed by atoms with Crippen molar-refractivity contribution in [3.63, 3.8) is 0 Å². The molecular formula is C60H41N3. The van der Waals surface area contributed by atoms with E-state index >= 15 is 0 Å². The van der Waals surface area contributed by atoms with E-state index in [0.29, 0.717) is 5.82 Å². The Balaban J connectivity index is 0.915. The smallest absolute Gasteiger partial charge is 0.160 e. The largest absolute Gasteiger partial charge is 0.247 e. The number of hydrogen-bond donors (Lipinski definition) is 0. The Morgan fingerprint density at radius 3 is 1.63 bits per heavy atom. The van der Waals surface area contributed by atoms with Gasteiger partial charge in [-0.2, -0.15) is 0 Å². The normalized spacial score (nSPS) is 12.7. The zero-order valence-corrected chi connectivity index (χ0v) is 35.0. The van der Waals surface area contributed by atoms with Crippen molar-refractivity contribution in [2.75, 3.05) is 0 Å². The molecule has 2 aromatic heterocycles. The van der Waals surface area contributed by atoms with Crippen LogP contribution in [0.1, 0.15) is 25.0 Å². The lowest BCUT2D eigenvalue weighted by Gasteiger charge is -2.25. The molecule has 0 amide bonds. The van der Waals surface area contributed by atoms with Crippen LogP contribution in [0.5, 0.6) is 0 Å². The maximum absolute atomic E-state index is 5.39. The summed E-state index contributed by atoms with van der Waals surface area (Å²) in [5.41, 5.74) is 17.9. The van der Waals surface area contributed by atoms with Crippen molar-refractivity contribution in [1.82, 2.24) is 15.0 Å². The summed E-state index contributed by atoms with van der Waals surface area (Å²) in [4.78, 5) is 15.6. The van der Waals surface area contributed by atoms with Gasteiger partial charge in [0.15, 0.2) is 5.82 Å². The Morgan fingerprint density at radius 2 is 0.889 bits per heavy atom. The molecule has 3 heteroatoms. The second kappa shape index (κ2) is 14.6. The summed E-state index contributed by atoms with van der Waals surface area (Å²) in [6, 6.07) is 76.0. The molecule has 1 aliphatic rings. The minimum atomic E-state index is -0.208. The van der Waals surface area contributed by atoms with E-state index in [4.69, 9.17) is 15.0 Å². The lowest BCUT2D eigenvalue weighted by molar-refractivity contribution is 0.662. The van der Waals surface area contributed by atoms with Gasteiger partial charge in [0, 0.05) is 33.1 Å². The maximum atomic E-state index is 5.39. The van der Waals surface area contributed by atoms with Crippen molar-refractivity contribution in [3.05, 3.63) is 223 Å². The summed E-state index contributed by atoms with van der Waals surface area (Å²) >= 11 is 0. The average molecular weight is 804 g/mol. The van der Waals surface area contributed by atoms with Gasteiger partial charge in [-0.05, 0) is 90.3 Å². The van der Waals surface area contributed by atoms with Gasteiger partial charge in [-0.3, -0.25) is 0 Å². The SMILES string of the molecule is CC1(C)c2ccccc2-c2nc3ccc4ccccc4c3c(-c3ccc(-c4ccc5cc(-c6cc(-c7ccc(-c8ccccc8)cc7)nc(-c7ccccc7)n6)ccc5c4)cc3)c21. The van der Waals surface area contributed by atoms with Crippen molar-refractivity contribution in [2.24, 2.45) is 0 Å². The van der Waals surface area contributed by atoms with E-state index in [1.54, 1.807) is 0 Å². The number of nitrogens with zero attached hydrogens (tertiary/aromatic N) is 3. The van der Waals surface area contributed by atoms with E-state index in [9.17, 15) is 0 Å². The van der Waals surface area contributed by atoms with Gasteiger partial charge < -0.3 is 0 Å². The summed E-state index contributed by atoms with van der Waals surface area (Å²) < 4.78 is 0. The van der Waals surface area contributed by atoms with Crippen LogP contribution in [-0.4, -0.2) is 15.0 Å². The maximum Gasteiger partial charge on any atom is 0.160 e. The lowest BCUT2D eigenvalue weighted by atomic mass is 9.78. The number of pyridine rings is 1. The molecule has 0 aliphatic heterocycles. The predicted octanol–water partition coefficient (Wildman–Crippen LogP) is 15.6. The molecule has 3 nitrogen and oxygen atoms in total. The molecule has 0 saturated carbocycles. The molecule has 11 aromatic rings. The van der Waals surface area contributed by atoms with Crippen molar-refractivity contribution in [3.8, 4) is 78.5 Å². The Morgan fingerprint density at radius 1 is 0.365 bits per heavy atom. The van der Waals surface area contributed by atoms with Gasteiger partial charge in [0.2, 0.25) is 0 Å². The van der Waals surface area contributed by atoms with E-state index < -0.39 is 0 Å². The zero-order chi connectivity index (χ0) is 42.1. The number of hydrogen-bond acceptors (Lipinski definition) is 3. The Hall–Kier alpha value is -8.01. The van der Waals surface area contributed by atoms with Gasteiger partial charge in [0.1, 0.15) is 0 Å². The number of benzene rings is 9. The molecule has 0 radical (unpaired) electrons. The first-order chi connectivity index (χ1) is 31.0. The third-order valence-electron chi connectivity index (χ3n) is 13.0. The molecule has 0 bridgehead atoms. The summed E-state index contributed by atoms with van der Waals surface area (Å²) in [7, 11) is 0. The summed E-state index contributed by atoms with van der Waals surface area (Å²) in [6.07, 6.45) is 0. The number of aromatic nitrogens is 3. The van der Waals surface area contributed by atoms with Crippen LogP contribution in [0.25, 0.3) is 111 Å². The van der Waals surface area contributed by atoms with E-state index in [0.717, 1.165) is 44.7 Å². The van der Waals surface area contributed by atoms with Crippen LogP contribution in [0, 0.1) is 0 Å². The second-order valence-corrected chi connectivity index (χ2v) is 17.2. The quantitative estimate of drug-likeness (QED) is 0.157. The van der Waals surface area contributed by atoms with Crippen molar-refractivity contribution >= 4 is 32.4 Å². The molecule has 9 aromatic carbocycles. The van der Waals surface area contributed by atoms with Crippen LogP contribution in [-0.2, 0) is 5.41 Å². The standard InChI is InChI=1S/C60H41N3/c1-60(2)51-20-12-11-19-50(51)58-57(60)55(56-49-18-10-9-15-41(49)33-34-52(56)61-58)43-27-23-40(24-28-43)45-29-30-47-36-48(32-31-46(47)35-45)54-37-53(62-59(63-54)44-16-7-4-8-17-44)42-25-21-39(22-26-42)38-13-5-3-6-14-38/h3-37H,1-2H3. The topological polar surface area (TPSA) is 38.7 Å². The first kappa shape index (κ1) is 36.8. The average Bonchev–Trinajstić information content (AvgIpc) is 3.58. The lowest BCUT2D eigenvalue weighted by Crippen LogP contribution is -2.16. The van der Waals surface area contributed by atoms with Crippen molar-refractivity contribution in [1.29, 1.82) is 0 Å². The van der Waals surface area contributed by atoms with Gasteiger partial charge in [0.05, 0.1) is 22.6 Å². The molecule has 1 aliphatic carbocycles. The first-order valence-electron chi connectivity index (χ1n) is 21.7. The fourth-order valence-corrected chi connectivity index (χ4v) is 9.83. The third-order valence-corrected chi connectivity index (χ3v) is 13.0. The number of fused-ring (bicyclic) bond motifs is 7. The van der Waals surface area contributed by atoms with Gasteiger partial charge in [0.25, 0.3) is 0 Å². The highest BCUT2D eigenvalue weighted by atomic mass is 14.9. The highest BCUT2D eigenvalue weighted by molar-refractivity contribution is 6.16. The molecule has 0 fully saturated rings. The van der Waals surface area contributed by atoms with E-state index in [1.807, 2.05) is 24.3 Å². The van der Waals surface area contributed by atoms with Gasteiger partial charge in [-0.25, -0.2) is 15.0 Å². The third kappa shape index (κ3) is 6.23. The van der Waals surface area contributed by atoms with Crippen molar-refractivity contribution in [2.45, 2.75) is 19.3 Å². The molecule has 63 heavy (non-hydrogen) atoms. The molecule has 2 heterocycles. The second-order valence-electron chi connectivity index (χ2n) is 17.2. The van der Waals surface area contributed by atoms with E-state index in [-0.39, 0.29) is 5.41 Å². The monoisotopic (exact) mass is 803 g/mol. The van der Waals surface area contributed by atoms with Gasteiger partial charge >= 0.3 is 0 Å². The van der Waals surface area contributed by atoms with Gasteiger partial charge in [-0.1, -0.05) is 202 Å². The fraction of sp³-hybridized carbons (Fsp3) is 0.0500. The molecule has 0 unspecified atom stereocenters. The molecule has 0 atom stereocenters. The number of rotatable bonds is 6. The van der Waals surface area contributed by atoms with E-state index in [1.165, 1.54) is 71.6 Å². The van der Waals surface area contributed by atoms with Crippen LogP contribution < -0.4 is 0 Å². The van der Waals surface area contributed by atoms with Crippen molar-refractivity contribution < 1.29 is 0 Å². The molecule has 12 rings (SSSR count). The first-order valence-corrected chi connectivity index (χ1v) is 21.7. The van der Waals surface area contributed by atoms with Crippen LogP contribution in [0.4, 0.5) is 0 Å². The zero-order valence-electron chi connectivity index (χ0n) is 35.0. The van der Waals surface area contributed by atoms with Crippen LogP contribution in [0.3, 0.4) is 0 Å². The highest BCUT2D eigenvalue weighted by Crippen LogP contribution is 2.54. The molecule has 296 valence electrons. The summed E-state index contributed by atoms with van der Waals surface area (Å²) in [5.74, 6) is 0.708. The molecule has 0 spiro atoms. The highest BCUT2D eigenvalue weighted by Gasteiger charge is 2.39. The Labute approximate surface area is 367 Å². The fourth-order valence-electron chi connectivity index (χ4n) is 9.83. The van der Waals surface area contributed by atoms with Crippen LogP contribution >= 0.6 is 0 Å². The van der Waals surface area contributed by atoms with Gasteiger partial charge in [-0.15, -0.1) is 0 Å². The minimum absolute atomic E-state index is 0.208. The predicted molar refractivity (Wildman–Crippen MR) is 263 cm³/mol. The Kier molecular flexibility index (Phi) is 8.52. The molecule has 0 N–H and O–H groups in total. The Bertz CT molecular complexity index is 3550. The molecular weight excluding hydrogens is 763 g/mol. The minimum Gasteiger partial charge on any atom is -0.247 e. The van der Waals surface area contributed by atoms with Crippen LogP contribution in [0.2, 0.25) is 0 Å². The molecule has 0 saturated heterocycles. The van der Waals surface area contributed by atoms with E-state index in [2.05, 4.69) is 202 Å². The summed E-state index contributed by atoms with van der Waals surface area (Å²) in [6.45, 7) is 4.70.